The van der Waals surface area contributed by atoms with Crippen molar-refractivity contribution in [1.82, 2.24) is 0 Å². The van der Waals surface area contributed by atoms with Gasteiger partial charge in [-0.2, -0.15) is 0 Å². The van der Waals surface area contributed by atoms with E-state index in [1.165, 1.54) is 11.1 Å². The van der Waals surface area contributed by atoms with Crippen molar-refractivity contribution in [3.8, 4) is 0 Å². The zero-order valence-electron chi connectivity index (χ0n) is 14.4. The second-order valence-corrected chi connectivity index (χ2v) is 10.3. The van der Waals surface area contributed by atoms with E-state index in [1.54, 1.807) is 5.57 Å². The molecule has 1 atom stereocenters. The molecule has 1 aliphatic rings. The summed E-state index contributed by atoms with van der Waals surface area (Å²) in [5.74, 6) is 0. The van der Waals surface area contributed by atoms with Gasteiger partial charge >= 0.3 is 21.7 Å². The molecule has 5 heteroatoms. The van der Waals surface area contributed by atoms with Gasteiger partial charge in [0, 0.05) is 8.80 Å². The van der Waals surface area contributed by atoms with E-state index >= 15 is 0 Å². The maximum Gasteiger partial charge on any atom is 3.00 e. The Balaban J connectivity index is -0.000000141. The molecule has 0 aromatic carbocycles. The molecule has 0 aromatic rings. The predicted molar refractivity (Wildman–Crippen MR) is 83.4 cm³/mol. The van der Waals surface area contributed by atoms with Gasteiger partial charge in [0.25, 0.3) is 0 Å². The number of rotatable bonds is 1. The minimum absolute atomic E-state index is 0. The SMILES string of the molecule is CC(C)(C)[NH-].CC1=CC(C)([SiH](C)C)C(C)=C1C.[Cl-].[Cl-].[Ti+3]. The fraction of sp³-hybridized carbons (Fsp3) is 0.733. The summed E-state index contributed by atoms with van der Waals surface area (Å²) < 4.78 is 0. The van der Waals surface area contributed by atoms with E-state index in [0.29, 0.717) is 5.04 Å². The van der Waals surface area contributed by atoms with Crippen LogP contribution in [0.25, 0.3) is 5.73 Å². The molecule has 20 heavy (non-hydrogen) atoms. The largest absolute Gasteiger partial charge is 3.00 e. The summed E-state index contributed by atoms with van der Waals surface area (Å²) in [4.78, 5) is 0. The molecule has 0 aliphatic heterocycles. The average molecular weight is 371 g/mol. The first-order valence-electron chi connectivity index (χ1n) is 6.52. The Morgan fingerprint density at radius 3 is 1.45 bits per heavy atom. The van der Waals surface area contributed by atoms with Crippen molar-refractivity contribution in [1.29, 1.82) is 0 Å². The molecule has 0 saturated carbocycles. The van der Waals surface area contributed by atoms with E-state index in [-0.39, 0.29) is 52.1 Å². The summed E-state index contributed by atoms with van der Waals surface area (Å²) in [5, 5.41) is 0.453. The third kappa shape index (κ3) is 9.07. The molecule has 1 radical (unpaired) electrons. The second kappa shape index (κ2) is 10.6. The van der Waals surface area contributed by atoms with Crippen molar-refractivity contribution in [2.75, 3.05) is 0 Å². The number of hydrogen-bond acceptors (Lipinski definition) is 0. The monoisotopic (exact) mass is 370 g/mol. The Bertz CT molecular complexity index is 340. The molecule has 1 unspecified atom stereocenters. The summed E-state index contributed by atoms with van der Waals surface area (Å²) in [7, 11) is -0.607. The van der Waals surface area contributed by atoms with Gasteiger partial charge in [0.1, 0.15) is 0 Å². The first-order valence-corrected chi connectivity index (χ1v) is 9.41. The van der Waals surface area contributed by atoms with Crippen molar-refractivity contribution in [2.45, 2.75) is 72.1 Å². The quantitative estimate of drug-likeness (QED) is 0.549. The van der Waals surface area contributed by atoms with Gasteiger partial charge in [-0.15, -0.1) is 5.54 Å². The third-order valence-corrected chi connectivity index (χ3v) is 6.68. The minimum Gasteiger partial charge on any atom is -1.00 e. The van der Waals surface area contributed by atoms with Gasteiger partial charge < -0.3 is 30.5 Å². The molecule has 117 valence electrons. The van der Waals surface area contributed by atoms with Crippen LogP contribution < -0.4 is 24.8 Å². The van der Waals surface area contributed by atoms with E-state index < -0.39 is 8.80 Å². The summed E-state index contributed by atoms with van der Waals surface area (Å²) >= 11 is 0. The fourth-order valence-corrected chi connectivity index (χ4v) is 3.63. The molecule has 0 fully saturated rings. The summed E-state index contributed by atoms with van der Waals surface area (Å²) in [6.07, 6.45) is 2.48. The molecule has 0 heterocycles. The number of halogens is 2. The van der Waals surface area contributed by atoms with Crippen LogP contribution in [0.1, 0.15) is 48.5 Å². The average Bonchev–Trinajstić information content (AvgIpc) is 2.29. The Morgan fingerprint density at radius 1 is 1.05 bits per heavy atom. The van der Waals surface area contributed by atoms with E-state index in [1.807, 2.05) is 20.8 Å². The zero-order chi connectivity index (χ0) is 14.0. The first kappa shape index (κ1) is 29.0. The van der Waals surface area contributed by atoms with Crippen LogP contribution in [0.4, 0.5) is 0 Å². The van der Waals surface area contributed by atoms with Crippen LogP contribution in [-0.4, -0.2) is 14.3 Å². The van der Waals surface area contributed by atoms with Crippen LogP contribution in [0.15, 0.2) is 22.8 Å². The van der Waals surface area contributed by atoms with Crippen molar-refractivity contribution in [3.63, 3.8) is 0 Å². The maximum atomic E-state index is 6.94. The van der Waals surface area contributed by atoms with Crippen LogP contribution in [0.3, 0.4) is 0 Å². The Kier molecular flexibility index (Phi) is 15.4. The van der Waals surface area contributed by atoms with E-state index in [9.17, 15) is 0 Å². The molecule has 0 bridgehead atoms. The van der Waals surface area contributed by atoms with E-state index in [2.05, 4.69) is 46.9 Å². The molecule has 1 nitrogen and oxygen atoms in total. The molecule has 1 N–H and O–H groups in total. The van der Waals surface area contributed by atoms with Crippen LogP contribution in [-0.2, 0) is 21.7 Å². The van der Waals surface area contributed by atoms with Crippen molar-refractivity contribution in [3.05, 3.63) is 28.5 Å². The molecular weight excluding hydrogens is 341 g/mol. The number of hydrogen-bond donors (Lipinski definition) is 0. The molecule has 0 spiro atoms. The normalized spacial score (nSPS) is 21.1. The molecule has 0 aromatic heterocycles. The molecular formula is C15H30Cl2NSiTi. The topological polar surface area (TPSA) is 23.8 Å². The summed E-state index contributed by atoms with van der Waals surface area (Å²) in [6, 6.07) is 0. The second-order valence-electron chi connectivity index (χ2n) is 6.76. The van der Waals surface area contributed by atoms with Gasteiger partial charge in [0.05, 0.1) is 0 Å². The van der Waals surface area contributed by atoms with Crippen LogP contribution in [0.2, 0.25) is 18.1 Å². The maximum absolute atomic E-state index is 6.94. The Labute approximate surface area is 155 Å². The zero-order valence-corrected chi connectivity index (χ0v) is 18.6. The Morgan fingerprint density at radius 2 is 1.35 bits per heavy atom. The van der Waals surface area contributed by atoms with Gasteiger partial charge in [-0.25, -0.2) is 0 Å². The smallest absolute Gasteiger partial charge is 1.00 e. The first-order chi connectivity index (χ1) is 7.39. The van der Waals surface area contributed by atoms with Gasteiger partial charge in [-0.3, -0.25) is 0 Å². The summed E-state index contributed by atoms with van der Waals surface area (Å²) in [6.45, 7) is 19.6. The molecule has 0 amide bonds. The summed E-state index contributed by atoms with van der Waals surface area (Å²) in [5.41, 5.74) is 11.3. The fourth-order valence-electron chi connectivity index (χ4n) is 1.97. The number of nitrogens with one attached hydrogen (secondary N) is 1. The van der Waals surface area contributed by atoms with Crippen LogP contribution in [0, 0.1) is 0 Å². The van der Waals surface area contributed by atoms with Crippen LogP contribution in [0.5, 0.6) is 0 Å². The van der Waals surface area contributed by atoms with Crippen molar-refractivity contribution in [2.24, 2.45) is 0 Å². The van der Waals surface area contributed by atoms with Crippen molar-refractivity contribution >= 4 is 8.80 Å². The van der Waals surface area contributed by atoms with Gasteiger partial charge in [-0.05, 0) is 31.4 Å². The predicted octanol–water partition coefficient (Wildman–Crippen LogP) is -0.628. The van der Waals surface area contributed by atoms with Crippen LogP contribution >= 0.6 is 0 Å². The molecule has 1 aliphatic carbocycles. The minimum atomic E-state index is -0.607. The van der Waals surface area contributed by atoms with Gasteiger partial charge in [0.2, 0.25) is 0 Å². The molecule has 1 rings (SSSR count). The van der Waals surface area contributed by atoms with Crippen molar-refractivity contribution < 1.29 is 46.5 Å². The Hall–Kier alpha value is 0.951. The standard InChI is InChI=1S/C11H20Si.C4H10N.2ClH.Ti/c1-8-7-11(4,12(5)6)10(3)9(8)2;1-4(2,3)5;;;/h7,12H,1-6H3;5H,1-3H3;2*1H;/q;-1;;;+3/p-2. The van der Waals surface area contributed by atoms with Gasteiger partial charge in [-0.1, -0.05) is 58.0 Å². The van der Waals surface area contributed by atoms with Gasteiger partial charge in [0.15, 0.2) is 0 Å². The van der Waals surface area contributed by atoms with E-state index in [4.69, 9.17) is 5.73 Å². The molecule has 0 saturated heterocycles. The van der Waals surface area contributed by atoms with E-state index in [0.717, 1.165) is 0 Å². The number of allylic oxidation sites excluding steroid dienone is 4. The third-order valence-electron chi connectivity index (χ3n) is 3.68.